The minimum atomic E-state index is -0.205. The Kier molecular flexibility index (Phi) is 3.19. The van der Waals surface area contributed by atoms with Crippen molar-refractivity contribution in [2.75, 3.05) is 24.5 Å². The summed E-state index contributed by atoms with van der Waals surface area (Å²) < 4.78 is 19.2. The molecule has 1 atom stereocenters. The maximum Gasteiger partial charge on any atom is 0.157 e. The zero-order valence-electron chi connectivity index (χ0n) is 11.3. The highest BCUT2D eigenvalue weighted by Gasteiger charge is 2.24. The topological polar surface area (TPSA) is 28.4 Å². The Morgan fingerprint density at radius 1 is 1.42 bits per heavy atom. The van der Waals surface area contributed by atoms with Crippen LogP contribution in [0.1, 0.15) is 13.8 Å². The van der Waals surface area contributed by atoms with Crippen LogP contribution in [-0.4, -0.2) is 25.7 Å². The summed E-state index contributed by atoms with van der Waals surface area (Å²) in [6, 6.07) is 5.34. The first-order valence-electron chi connectivity index (χ1n) is 6.80. The van der Waals surface area contributed by atoms with Crippen molar-refractivity contribution in [3.05, 3.63) is 30.3 Å². The first-order chi connectivity index (χ1) is 9.15. The summed E-state index contributed by atoms with van der Waals surface area (Å²) in [4.78, 5) is 2.22. The van der Waals surface area contributed by atoms with E-state index >= 15 is 0 Å². The van der Waals surface area contributed by atoms with E-state index in [-0.39, 0.29) is 5.82 Å². The first kappa shape index (κ1) is 12.5. The van der Waals surface area contributed by atoms with Crippen LogP contribution in [-0.2, 0) is 0 Å². The second-order valence-corrected chi connectivity index (χ2v) is 5.51. The molecule has 0 unspecified atom stereocenters. The molecule has 102 valence electrons. The van der Waals surface area contributed by atoms with Gasteiger partial charge in [0, 0.05) is 37.1 Å². The Morgan fingerprint density at radius 2 is 2.26 bits per heavy atom. The van der Waals surface area contributed by atoms with Gasteiger partial charge in [-0.25, -0.2) is 4.39 Å². The second-order valence-electron chi connectivity index (χ2n) is 5.51. The maximum absolute atomic E-state index is 13.7. The summed E-state index contributed by atoms with van der Waals surface area (Å²) in [5.74, 6) is 0.354. The third-order valence-corrected chi connectivity index (χ3v) is 3.85. The quantitative estimate of drug-likeness (QED) is 0.902. The Balaban J connectivity index is 1.97. The molecule has 0 aliphatic carbocycles. The highest BCUT2D eigenvalue weighted by atomic mass is 19.1. The molecule has 0 saturated carbocycles. The van der Waals surface area contributed by atoms with Gasteiger partial charge in [0.25, 0.3) is 0 Å². The number of hydrogen-bond donors (Lipinski definition) is 1. The summed E-state index contributed by atoms with van der Waals surface area (Å²) in [5, 5.41) is 4.34. The number of nitrogens with one attached hydrogen (secondary N) is 1. The predicted octanol–water partition coefficient (Wildman–Crippen LogP) is 3.01. The average Bonchev–Trinajstić information content (AvgIpc) is 2.85. The first-order valence-corrected chi connectivity index (χ1v) is 6.80. The molecule has 1 aliphatic heterocycles. The molecule has 19 heavy (non-hydrogen) atoms. The molecule has 1 N–H and O–H groups in total. The molecule has 0 radical (unpaired) electrons. The molecular weight excluding hydrogens is 243 g/mol. The lowest BCUT2D eigenvalue weighted by molar-refractivity contribution is 0.368. The predicted molar refractivity (Wildman–Crippen MR) is 75.0 cm³/mol. The molecule has 1 aliphatic rings. The van der Waals surface area contributed by atoms with Gasteiger partial charge in [0.05, 0.1) is 12.0 Å². The maximum atomic E-state index is 13.7. The number of piperazine rings is 1. The molecule has 0 spiro atoms. The zero-order valence-corrected chi connectivity index (χ0v) is 11.3. The van der Waals surface area contributed by atoms with Crippen molar-refractivity contribution in [3.63, 3.8) is 0 Å². The summed E-state index contributed by atoms with van der Waals surface area (Å²) in [6.07, 6.45) is 1.62. The highest BCUT2D eigenvalue weighted by molar-refractivity contribution is 5.89. The summed E-state index contributed by atoms with van der Waals surface area (Å²) in [6.45, 7) is 7.09. The number of nitrogens with zero attached hydrogens (tertiary/aromatic N) is 1. The van der Waals surface area contributed by atoms with Crippen LogP contribution in [0.15, 0.2) is 28.9 Å². The SMILES string of the molecule is CC(C)[C@H]1CN(c2cc(F)cc3ccoc23)CCN1. The fourth-order valence-corrected chi connectivity index (χ4v) is 2.71. The molecule has 1 aromatic carbocycles. The van der Waals surface area contributed by atoms with Crippen molar-refractivity contribution in [2.45, 2.75) is 19.9 Å². The van der Waals surface area contributed by atoms with Crippen LogP contribution in [0.5, 0.6) is 0 Å². The number of rotatable bonds is 2. The van der Waals surface area contributed by atoms with E-state index in [1.807, 2.05) is 6.07 Å². The van der Waals surface area contributed by atoms with Gasteiger partial charge < -0.3 is 14.6 Å². The van der Waals surface area contributed by atoms with Crippen LogP contribution in [0.4, 0.5) is 10.1 Å². The number of fused-ring (bicyclic) bond motifs is 1. The van der Waals surface area contributed by atoms with Crippen molar-refractivity contribution in [1.82, 2.24) is 5.32 Å². The number of anilines is 1. The molecular formula is C15H19FN2O. The molecule has 3 nitrogen and oxygen atoms in total. The molecule has 1 aromatic heterocycles. The molecule has 2 aromatic rings. The monoisotopic (exact) mass is 262 g/mol. The van der Waals surface area contributed by atoms with E-state index < -0.39 is 0 Å². The van der Waals surface area contributed by atoms with E-state index in [0.29, 0.717) is 12.0 Å². The number of furan rings is 1. The van der Waals surface area contributed by atoms with Crippen molar-refractivity contribution in [3.8, 4) is 0 Å². The minimum absolute atomic E-state index is 0.205. The fraction of sp³-hybridized carbons (Fsp3) is 0.467. The van der Waals surface area contributed by atoms with E-state index in [0.717, 1.165) is 36.3 Å². The summed E-state index contributed by atoms with van der Waals surface area (Å²) >= 11 is 0. The van der Waals surface area contributed by atoms with Crippen LogP contribution >= 0.6 is 0 Å². The van der Waals surface area contributed by atoms with Crippen LogP contribution in [0.2, 0.25) is 0 Å². The summed E-state index contributed by atoms with van der Waals surface area (Å²) in [7, 11) is 0. The smallest absolute Gasteiger partial charge is 0.157 e. The Hall–Kier alpha value is -1.55. The minimum Gasteiger partial charge on any atom is -0.462 e. The average molecular weight is 262 g/mol. The zero-order chi connectivity index (χ0) is 13.4. The van der Waals surface area contributed by atoms with Crippen LogP contribution in [0.25, 0.3) is 11.0 Å². The molecule has 0 bridgehead atoms. The molecule has 4 heteroatoms. The summed E-state index contributed by atoms with van der Waals surface area (Å²) in [5.41, 5.74) is 1.65. The Bertz CT molecular complexity index is 579. The van der Waals surface area contributed by atoms with Crippen molar-refractivity contribution < 1.29 is 8.81 Å². The van der Waals surface area contributed by atoms with Gasteiger partial charge in [-0.05, 0) is 18.1 Å². The van der Waals surface area contributed by atoms with Gasteiger partial charge in [0.15, 0.2) is 5.58 Å². The van der Waals surface area contributed by atoms with Gasteiger partial charge in [0.1, 0.15) is 5.82 Å². The van der Waals surface area contributed by atoms with Crippen molar-refractivity contribution >= 4 is 16.7 Å². The van der Waals surface area contributed by atoms with E-state index in [1.54, 1.807) is 12.3 Å². The normalized spacial score (nSPS) is 20.4. The van der Waals surface area contributed by atoms with E-state index in [9.17, 15) is 4.39 Å². The van der Waals surface area contributed by atoms with Gasteiger partial charge in [-0.3, -0.25) is 0 Å². The van der Waals surface area contributed by atoms with Crippen LogP contribution in [0, 0.1) is 11.7 Å². The fourth-order valence-electron chi connectivity index (χ4n) is 2.71. The number of benzene rings is 1. The lowest BCUT2D eigenvalue weighted by Crippen LogP contribution is -2.53. The number of hydrogen-bond acceptors (Lipinski definition) is 3. The van der Waals surface area contributed by atoms with Crippen molar-refractivity contribution in [1.29, 1.82) is 0 Å². The van der Waals surface area contributed by atoms with Gasteiger partial charge >= 0.3 is 0 Å². The largest absolute Gasteiger partial charge is 0.462 e. The standard InChI is InChI=1S/C15H19FN2O/c1-10(2)13-9-18(5-4-17-13)14-8-12(16)7-11-3-6-19-15(11)14/h3,6-8,10,13,17H,4-5,9H2,1-2H3/t13-/m1/s1. The Morgan fingerprint density at radius 3 is 3.05 bits per heavy atom. The second kappa shape index (κ2) is 4.85. The van der Waals surface area contributed by atoms with E-state index in [4.69, 9.17) is 4.42 Å². The molecule has 0 amide bonds. The molecule has 1 saturated heterocycles. The van der Waals surface area contributed by atoms with Crippen molar-refractivity contribution in [2.24, 2.45) is 5.92 Å². The van der Waals surface area contributed by atoms with E-state index in [1.165, 1.54) is 6.07 Å². The molecule has 3 rings (SSSR count). The lowest BCUT2D eigenvalue weighted by Gasteiger charge is -2.37. The van der Waals surface area contributed by atoms with E-state index in [2.05, 4.69) is 24.1 Å². The van der Waals surface area contributed by atoms with Gasteiger partial charge in [-0.1, -0.05) is 13.8 Å². The van der Waals surface area contributed by atoms with Gasteiger partial charge in [-0.15, -0.1) is 0 Å². The molecule has 2 heterocycles. The number of halogens is 1. The third-order valence-electron chi connectivity index (χ3n) is 3.85. The third kappa shape index (κ3) is 2.32. The highest BCUT2D eigenvalue weighted by Crippen LogP contribution is 2.30. The van der Waals surface area contributed by atoms with Crippen LogP contribution in [0.3, 0.4) is 0 Å². The molecule has 1 fully saturated rings. The van der Waals surface area contributed by atoms with Gasteiger partial charge in [0.2, 0.25) is 0 Å². The van der Waals surface area contributed by atoms with Crippen LogP contribution < -0.4 is 10.2 Å². The Labute approximate surface area is 112 Å². The van der Waals surface area contributed by atoms with Gasteiger partial charge in [-0.2, -0.15) is 0 Å². The lowest BCUT2D eigenvalue weighted by atomic mass is 10.0.